The van der Waals surface area contributed by atoms with E-state index < -0.39 is 8.07 Å². The predicted octanol–water partition coefficient (Wildman–Crippen LogP) is 5.50. The van der Waals surface area contributed by atoms with Crippen LogP contribution in [-0.4, -0.2) is 50.5 Å². The van der Waals surface area contributed by atoms with Crippen molar-refractivity contribution in [3.63, 3.8) is 0 Å². The van der Waals surface area contributed by atoms with Gasteiger partial charge in [0.25, 0.3) is 0 Å². The largest absolute Gasteiger partial charge is 0.462 e. The molecule has 0 radical (unpaired) electrons. The quantitative estimate of drug-likeness (QED) is 0.273. The van der Waals surface area contributed by atoms with E-state index in [1.165, 1.54) is 4.90 Å². The number of likely N-dealkylation sites (N-methyl/N-ethyl adjacent to an activating group) is 1. The Kier molecular flexibility index (Phi) is 7.25. The lowest BCUT2D eigenvalue weighted by Gasteiger charge is -2.16. The molecule has 0 aliphatic heterocycles. The van der Waals surface area contributed by atoms with Crippen molar-refractivity contribution in [1.29, 1.82) is 0 Å². The summed E-state index contributed by atoms with van der Waals surface area (Å²) in [5.74, 6) is -0.368. The molecule has 1 aromatic heterocycles. The van der Waals surface area contributed by atoms with Gasteiger partial charge in [0.1, 0.15) is 0 Å². The van der Waals surface area contributed by atoms with E-state index in [9.17, 15) is 9.59 Å². The van der Waals surface area contributed by atoms with Crippen LogP contribution < -0.4 is 0 Å². The minimum absolute atomic E-state index is 0.0652. The van der Waals surface area contributed by atoms with Crippen molar-refractivity contribution in [1.82, 2.24) is 9.88 Å². The maximum Gasteiger partial charge on any atom is 0.338 e. The third-order valence-corrected chi connectivity index (χ3v) is 6.87. The maximum absolute atomic E-state index is 12.9. The van der Waals surface area contributed by atoms with Crippen LogP contribution in [0.4, 0.5) is 0 Å². The summed E-state index contributed by atoms with van der Waals surface area (Å²) in [7, 11) is 2.15. The van der Waals surface area contributed by atoms with E-state index in [-0.39, 0.29) is 11.9 Å². The second-order valence-electron chi connectivity index (χ2n) is 9.23. The van der Waals surface area contributed by atoms with Gasteiger partial charge in [0, 0.05) is 57.0 Å². The number of aromatic nitrogens is 1. The van der Waals surface area contributed by atoms with Crippen LogP contribution in [-0.2, 0) is 9.53 Å². The molecule has 6 heteroatoms. The summed E-state index contributed by atoms with van der Waals surface area (Å²) in [6.45, 7) is 7.23. The van der Waals surface area contributed by atoms with Crippen molar-refractivity contribution in [2.24, 2.45) is 0 Å². The summed E-state index contributed by atoms with van der Waals surface area (Å²) >= 11 is 0. The highest BCUT2D eigenvalue weighted by atomic mass is 28.3. The molecule has 0 aliphatic carbocycles. The molecule has 166 valence electrons. The number of rotatable bonds is 7. The van der Waals surface area contributed by atoms with Gasteiger partial charge >= 0.3 is 5.97 Å². The number of hydrogen-bond donors (Lipinski definition) is 0. The summed E-state index contributed by atoms with van der Waals surface area (Å²) in [4.78, 5) is 30.6. The molecule has 0 atom stereocenters. The zero-order valence-electron chi connectivity index (χ0n) is 19.4. The average Bonchev–Trinajstić information content (AvgIpc) is 2.76. The average molecular weight is 447 g/mol. The molecular formula is C26H30N2O3Si. The number of amides is 1. The smallest absolute Gasteiger partial charge is 0.338 e. The lowest BCUT2D eigenvalue weighted by atomic mass is 9.96. The normalized spacial score (nSPS) is 11.7. The second-order valence-corrected chi connectivity index (χ2v) is 14.8. The van der Waals surface area contributed by atoms with Crippen LogP contribution >= 0.6 is 0 Å². The van der Waals surface area contributed by atoms with Gasteiger partial charge in [-0.15, -0.1) is 0 Å². The molecular weight excluding hydrogens is 416 g/mol. The van der Waals surface area contributed by atoms with Crippen LogP contribution in [0.15, 0.2) is 60.9 Å². The fourth-order valence-electron chi connectivity index (χ4n) is 3.24. The first kappa shape index (κ1) is 23.4. The van der Waals surface area contributed by atoms with Crippen LogP contribution in [0.5, 0.6) is 0 Å². The predicted molar refractivity (Wildman–Crippen MR) is 133 cm³/mol. The molecule has 32 heavy (non-hydrogen) atoms. The standard InChI is InChI=1S/C26H30N2O3Si/c1-28(2)24(29)14-11-19-9-12-20(13-10-19)23-18-27-17-21-7-6-8-22(25(21)23)26(30)31-15-16-32(3,4)5/h6-14,17-18H,15-16H2,1-5H3. The highest BCUT2D eigenvalue weighted by Gasteiger charge is 2.18. The van der Waals surface area contributed by atoms with Gasteiger partial charge in [-0.05, 0) is 29.3 Å². The minimum Gasteiger partial charge on any atom is -0.462 e. The number of hydrogen-bond acceptors (Lipinski definition) is 4. The fraction of sp³-hybridized carbons (Fsp3) is 0.269. The Hall–Kier alpha value is -3.25. The molecule has 2 aromatic carbocycles. The molecule has 3 rings (SSSR count). The molecule has 0 unspecified atom stereocenters. The third kappa shape index (κ3) is 5.92. The van der Waals surface area contributed by atoms with Crippen molar-refractivity contribution < 1.29 is 14.3 Å². The monoisotopic (exact) mass is 446 g/mol. The van der Waals surface area contributed by atoms with E-state index in [0.29, 0.717) is 12.2 Å². The summed E-state index contributed by atoms with van der Waals surface area (Å²) in [5.41, 5.74) is 3.29. The van der Waals surface area contributed by atoms with Gasteiger partial charge in [-0.1, -0.05) is 56.0 Å². The fourth-order valence-corrected chi connectivity index (χ4v) is 3.96. The SMILES string of the molecule is CN(C)C(=O)C=Cc1ccc(-c2cncc3cccc(C(=O)OCC[Si](C)(C)C)c23)cc1. The Bertz CT molecular complexity index is 1140. The third-order valence-electron chi connectivity index (χ3n) is 5.17. The van der Waals surface area contributed by atoms with E-state index in [0.717, 1.165) is 33.5 Å². The molecule has 0 saturated heterocycles. The Labute approximate surface area is 190 Å². The summed E-state index contributed by atoms with van der Waals surface area (Å²) < 4.78 is 5.63. The van der Waals surface area contributed by atoms with Gasteiger partial charge in [0.2, 0.25) is 5.91 Å². The molecule has 0 fully saturated rings. The van der Waals surface area contributed by atoms with E-state index in [1.54, 1.807) is 38.6 Å². The summed E-state index contributed by atoms with van der Waals surface area (Å²) in [6.07, 6.45) is 6.88. The van der Waals surface area contributed by atoms with Crippen LogP contribution in [0, 0.1) is 0 Å². The van der Waals surface area contributed by atoms with Crippen molar-refractivity contribution >= 4 is 36.8 Å². The second kappa shape index (κ2) is 9.91. The Morgan fingerprint density at radius 2 is 1.75 bits per heavy atom. The number of carbonyl (C=O) groups excluding carboxylic acids is 2. The first-order valence-corrected chi connectivity index (χ1v) is 14.4. The van der Waals surface area contributed by atoms with Gasteiger partial charge in [0.05, 0.1) is 12.2 Å². The molecule has 1 heterocycles. The van der Waals surface area contributed by atoms with E-state index in [2.05, 4.69) is 24.6 Å². The molecule has 1 amide bonds. The lowest BCUT2D eigenvalue weighted by molar-refractivity contribution is -0.123. The van der Waals surface area contributed by atoms with Crippen LogP contribution in [0.25, 0.3) is 28.0 Å². The highest BCUT2D eigenvalue weighted by molar-refractivity contribution is 6.76. The first-order valence-electron chi connectivity index (χ1n) is 10.7. The zero-order chi connectivity index (χ0) is 23.3. The van der Waals surface area contributed by atoms with Crippen molar-refractivity contribution in [3.8, 4) is 11.1 Å². The number of pyridine rings is 1. The molecule has 0 bridgehead atoms. The number of fused-ring (bicyclic) bond motifs is 1. The zero-order valence-corrected chi connectivity index (χ0v) is 20.4. The van der Waals surface area contributed by atoms with E-state index in [1.807, 2.05) is 42.5 Å². The van der Waals surface area contributed by atoms with Gasteiger partial charge in [-0.25, -0.2) is 4.79 Å². The molecule has 0 N–H and O–H groups in total. The van der Waals surface area contributed by atoms with E-state index >= 15 is 0 Å². The van der Waals surface area contributed by atoms with Crippen molar-refractivity contribution in [3.05, 3.63) is 72.1 Å². The topological polar surface area (TPSA) is 59.5 Å². The van der Waals surface area contributed by atoms with Crippen LogP contribution in [0.2, 0.25) is 25.7 Å². The first-order chi connectivity index (χ1) is 15.2. The molecule has 0 saturated carbocycles. The number of benzene rings is 2. The Morgan fingerprint density at radius 3 is 2.41 bits per heavy atom. The van der Waals surface area contributed by atoms with Gasteiger partial charge in [-0.3, -0.25) is 9.78 Å². The summed E-state index contributed by atoms with van der Waals surface area (Å²) in [5, 5.41) is 1.73. The Balaban J connectivity index is 1.92. The molecule has 0 aliphatic rings. The van der Waals surface area contributed by atoms with Gasteiger partial charge in [0.15, 0.2) is 0 Å². The number of nitrogens with zero attached hydrogens (tertiary/aromatic N) is 2. The van der Waals surface area contributed by atoms with Gasteiger partial charge in [-0.2, -0.15) is 0 Å². The van der Waals surface area contributed by atoms with E-state index in [4.69, 9.17) is 4.74 Å². The maximum atomic E-state index is 12.9. The minimum atomic E-state index is -1.28. The van der Waals surface area contributed by atoms with Crippen LogP contribution in [0.1, 0.15) is 15.9 Å². The van der Waals surface area contributed by atoms with Crippen LogP contribution in [0.3, 0.4) is 0 Å². The molecule has 3 aromatic rings. The lowest BCUT2D eigenvalue weighted by Crippen LogP contribution is -2.22. The number of carbonyl (C=O) groups is 2. The van der Waals surface area contributed by atoms with Crippen molar-refractivity contribution in [2.75, 3.05) is 20.7 Å². The number of esters is 1. The number of ether oxygens (including phenoxy) is 1. The molecule has 5 nitrogen and oxygen atoms in total. The molecule has 0 spiro atoms. The van der Waals surface area contributed by atoms with Crippen molar-refractivity contribution in [2.45, 2.75) is 25.7 Å². The van der Waals surface area contributed by atoms with Gasteiger partial charge < -0.3 is 9.64 Å². The highest BCUT2D eigenvalue weighted by Crippen LogP contribution is 2.31. The summed E-state index contributed by atoms with van der Waals surface area (Å²) in [6, 6.07) is 14.4. The Morgan fingerprint density at radius 1 is 1.03 bits per heavy atom.